The number of H-pyrrole nitrogens is 1. The monoisotopic (exact) mass is 328 g/mol. The highest BCUT2D eigenvalue weighted by Gasteiger charge is 2.25. The van der Waals surface area contributed by atoms with Crippen molar-refractivity contribution in [1.82, 2.24) is 9.55 Å². The average Bonchev–Trinajstić information content (AvgIpc) is 2.94. The minimum absolute atomic E-state index is 0.0527. The molecule has 3 N–H and O–H groups in total. The molecule has 0 aliphatic carbocycles. The number of hydrogen-bond acceptors (Lipinski definition) is 5. The largest absolute Gasteiger partial charge is 0.384 e. The van der Waals surface area contributed by atoms with E-state index < -0.39 is 11.2 Å². The maximum absolute atomic E-state index is 12.7. The number of aromatic nitrogens is 2. The smallest absolute Gasteiger partial charge is 0.329 e. The van der Waals surface area contributed by atoms with E-state index in [0.717, 1.165) is 18.7 Å². The van der Waals surface area contributed by atoms with Crippen LogP contribution < -0.4 is 21.9 Å². The Bertz CT molecular complexity index is 897. The molecule has 24 heavy (non-hydrogen) atoms. The van der Waals surface area contributed by atoms with Crippen LogP contribution in [0.5, 0.6) is 0 Å². The van der Waals surface area contributed by atoms with Gasteiger partial charge >= 0.3 is 5.69 Å². The van der Waals surface area contributed by atoms with Crippen molar-refractivity contribution in [2.45, 2.75) is 26.3 Å². The van der Waals surface area contributed by atoms with Crippen molar-refractivity contribution >= 4 is 17.3 Å². The van der Waals surface area contributed by atoms with Gasteiger partial charge in [0.25, 0.3) is 5.56 Å². The van der Waals surface area contributed by atoms with Crippen LogP contribution in [0, 0.1) is 0 Å². The Balaban J connectivity index is 1.93. The SMILES string of the molecule is CCCn1c(N)c(C(=O)CN2CCc3ccccc32)c(=O)[nH]c1=O. The van der Waals surface area contributed by atoms with Gasteiger partial charge in [-0.15, -0.1) is 0 Å². The number of nitrogen functional groups attached to an aromatic ring is 1. The van der Waals surface area contributed by atoms with Gasteiger partial charge in [0.15, 0.2) is 5.78 Å². The van der Waals surface area contributed by atoms with Gasteiger partial charge in [0.05, 0.1) is 6.54 Å². The summed E-state index contributed by atoms with van der Waals surface area (Å²) in [6.07, 6.45) is 1.54. The summed E-state index contributed by atoms with van der Waals surface area (Å²) in [6, 6.07) is 7.88. The van der Waals surface area contributed by atoms with Gasteiger partial charge in [0.1, 0.15) is 11.4 Å². The Labute approximate surface area is 138 Å². The fourth-order valence-corrected chi connectivity index (χ4v) is 3.13. The van der Waals surface area contributed by atoms with Crippen LogP contribution in [0.2, 0.25) is 0 Å². The first-order chi connectivity index (χ1) is 11.5. The van der Waals surface area contributed by atoms with E-state index in [2.05, 4.69) is 4.98 Å². The average molecular weight is 328 g/mol. The molecule has 0 bridgehead atoms. The maximum Gasteiger partial charge on any atom is 0.329 e. The first-order valence-corrected chi connectivity index (χ1v) is 8.01. The Hall–Kier alpha value is -2.83. The molecule has 0 spiro atoms. The van der Waals surface area contributed by atoms with Crippen LogP contribution in [-0.2, 0) is 13.0 Å². The van der Waals surface area contributed by atoms with Crippen molar-refractivity contribution in [2.75, 3.05) is 23.7 Å². The van der Waals surface area contributed by atoms with Crippen molar-refractivity contribution in [3.05, 3.63) is 56.2 Å². The summed E-state index contributed by atoms with van der Waals surface area (Å²) < 4.78 is 1.24. The molecule has 0 unspecified atom stereocenters. The molecule has 1 aromatic heterocycles. The Morgan fingerprint density at radius 1 is 1.29 bits per heavy atom. The van der Waals surface area contributed by atoms with Gasteiger partial charge in [-0.1, -0.05) is 25.1 Å². The van der Waals surface area contributed by atoms with Crippen LogP contribution in [0.25, 0.3) is 0 Å². The summed E-state index contributed by atoms with van der Waals surface area (Å²) >= 11 is 0. The second kappa shape index (κ2) is 6.35. The fourth-order valence-electron chi connectivity index (χ4n) is 3.13. The number of carbonyl (C=O) groups excluding carboxylic acids is 1. The van der Waals surface area contributed by atoms with Crippen molar-refractivity contribution in [3.8, 4) is 0 Å². The predicted octanol–water partition coefficient (Wildman–Crippen LogP) is 0.774. The number of hydrogen-bond donors (Lipinski definition) is 2. The number of ketones is 1. The van der Waals surface area contributed by atoms with Crippen molar-refractivity contribution < 1.29 is 4.79 Å². The molecule has 1 aromatic carbocycles. The number of Topliss-reactive ketones (excluding diaryl/α,β-unsaturated/α-hetero) is 1. The van der Waals surface area contributed by atoms with Crippen LogP contribution in [0.15, 0.2) is 33.9 Å². The molecule has 2 aromatic rings. The van der Waals surface area contributed by atoms with Crippen LogP contribution >= 0.6 is 0 Å². The quantitative estimate of drug-likeness (QED) is 0.790. The van der Waals surface area contributed by atoms with E-state index in [9.17, 15) is 14.4 Å². The molecule has 3 rings (SSSR count). The van der Waals surface area contributed by atoms with Crippen LogP contribution in [0.4, 0.5) is 11.5 Å². The van der Waals surface area contributed by atoms with Crippen LogP contribution in [0.3, 0.4) is 0 Å². The lowest BCUT2D eigenvalue weighted by molar-refractivity contribution is 0.0998. The number of nitrogens with zero attached hydrogens (tertiary/aromatic N) is 2. The van der Waals surface area contributed by atoms with E-state index in [1.807, 2.05) is 36.1 Å². The summed E-state index contributed by atoms with van der Waals surface area (Å²) in [5.74, 6) is -0.432. The van der Waals surface area contributed by atoms with E-state index in [-0.39, 0.29) is 23.7 Å². The third kappa shape index (κ3) is 2.73. The number of rotatable bonds is 5. The molecule has 1 aliphatic heterocycles. The van der Waals surface area contributed by atoms with Crippen molar-refractivity contribution in [2.24, 2.45) is 0 Å². The summed E-state index contributed by atoms with van der Waals surface area (Å²) in [5, 5.41) is 0. The van der Waals surface area contributed by atoms with Gasteiger partial charge in [-0.3, -0.25) is 19.1 Å². The number of benzene rings is 1. The van der Waals surface area contributed by atoms with Gasteiger partial charge in [0.2, 0.25) is 0 Å². The summed E-state index contributed by atoms with van der Waals surface area (Å²) in [7, 11) is 0. The second-order valence-corrected chi connectivity index (χ2v) is 5.89. The lowest BCUT2D eigenvalue weighted by Crippen LogP contribution is -2.39. The summed E-state index contributed by atoms with van der Waals surface area (Å²) in [6.45, 7) is 3.03. The highest BCUT2D eigenvalue weighted by atomic mass is 16.2. The maximum atomic E-state index is 12.7. The second-order valence-electron chi connectivity index (χ2n) is 5.89. The molecule has 0 saturated carbocycles. The molecule has 0 amide bonds. The highest BCUT2D eigenvalue weighted by molar-refractivity contribution is 6.02. The Morgan fingerprint density at radius 2 is 2.04 bits per heavy atom. The van der Waals surface area contributed by atoms with Crippen molar-refractivity contribution in [1.29, 1.82) is 0 Å². The molecule has 7 nitrogen and oxygen atoms in total. The Kier molecular flexibility index (Phi) is 4.24. The number of aromatic amines is 1. The molecule has 2 heterocycles. The van der Waals surface area contributed by atoms with E-state index in [1.165, 1.54) is 10.1 Å². The molecular formula is C17H20N4O3. The van der Waals surface area contributed by atoms with Crippen LogP contribution in [-0.4, -0.2) is 28.4 Å². The van der Waals surface area contributed by atoms with Gasteiger partial charge < -0.3 is 10.6 Å². The normalized spacial score (nSPS) is 13.1. The van der Waals surface area contributed by atoms with Gasteiger partial charge in [0, 0.05) is 18.8 Å². The zero-order valence-electron chi connectivity index (χ0n) is 13.5. The number of fused-ring (bicyclic) bond motifs is 1. The molecular weight excluding hydrogens is 308 g/mol. The number of nitrogens with two attached hydrogens (primary N) is 1. The molecule has 0 saturated heterocycles. The molecule has 0 fully saturated rings. The minimum atomic E-state index is -0.720. The fraction of sp³-hybridized carbons (Fsp3) is 0.353. The first-order valence-electron chi connectivity index (χ1n) is 8.01. The lowest BCUT2D eigenvalue weighted by Gasteiger charge is -2.19. The van der Waals surface area contributed by atoms with Gasteiger partial charge in [-0.2, -0.15) is 0 Å². The number of anilines is 2. The zero-order valence-corrected chi connectivity index (χ0v) is 13.5. The molecule has 0 atom stereocenters. The van der Waals surface area contributed by atoms with E-state index in [0.29, 0.717) is 13.0 Å². The third-order valence-corrected chi connectivity index (χ3v) is 4.28. The van der Waals surface area contributed by atoms with Gasteiger partial charge in [-0.05, 0) is 24.5 Å². The number of carbonyl (C=O) groups is 1. The van der Waals surface area contributed by atoms with Gasteiger partial charge in [-0.25, -0.2) is 4.79 Å². The summed E-state index contributed by atoms with van der Waals surface area (Å²) in [5.41, 5.74) is 6.70. The summed E-state index contributed by atoms with van der Waals surface area (Å²) in [4.78, 5) is 40.7. The molecule has 7 heteroatoms. The van der Waals surface area contributed by atoms with E-state index in [1.54, 1.807) is 0 Å². The molecule has 0 radical (unpaired) electrons. The zero-order chi connectivity index (χ0) is 17.3. The van der Waals surface area contributed by atoms with Crippen LogP contribution in [0.1, 0.15) is 29.3 Å². The first kappa shape index (κ1) is 16.0. The standard InChI is InChI=1S/C17H20N4O3/c1-2-8-21-15(18)14(16(23)19-17(21)24)13(22)10-20-9-7-11-5-3-4-6-12(11)20/h3-6H,2,7-10,18H2,1H3,(H,19,23,24). The minimum Gasteiger partial charge on any atom is -0.384 e. The highest BCUT2D eigenvalue weighted by Crippen LogP contribution is 2.27. The lowest BCUT2D eigenvalue weighted by atomic mass is 10.1. The topological polar surface area (TPSA) is 101 Å². The van der Waals surface area contributed by atoms with Crippen molar-refractivity contribution in [3.63, 3.8) is 0 Å². The predicted molar refractivity (Wildman–Crippen MR) is 92.7 cm³/mol. The third-order valence-electron chi connectivity index (χ3n) is 4.28. The molecule has 126 valence electrons. The molecule has 1 aliphatic rings. The number of nitrogens with one attached hydrogen (secondary N) is 1. The van der Waals surface area contributed by atoms with E-state index in [4.69, 9.17) is 5.73 Å². The van der Waals surface area contributed by atoms with E-state index >= 15 is 0 Å². The Morgan fingerprint density at radius 3 is 2.79 bits per heavy atom. The number of para-hydroxylation sites is 1.